The maximum absolute atomic E-state index is 14.7. The molecule has 38 heavy (non-hydrogen) atoms. The van der Waals surface area contributed by atoms with E-state index in [0.29, 0.717) is 46.3 Å². The van der Waals surface area contributed by atoms with Gasteiger partial charge in [-0.15, -0.1) is 10.2 Å². The smallest absolute Gasteiger partial charge is 0.268 e. The van der Waals surface area contributed by atoms with E-state index in [1.165, 1.54) is 6.07 Å². The highest BCUT2D eigenvalue weighted by Gasteiger charge is 2.22. The number of fused-ring (bicyclic) bond motifs is 1. The minimum absolute atomic E-state index is 0.201. The van der Waals surface area contributed by atoms with Crippen LogP contribution in [0, 0.1) is 12.7 Å². The molecule has 0 amide bonds. The summed E-state index contributed by atoms with van der Waals surface area (Å²) in [6.45, 7) is 3.19. The lowest BCUT2D eigenvalue weighted by Crippen LogP contribution is -2.28. The molecule has 2 aromatic carbocycles. The first-order chi connectivity index (χ1) is 18.5. The van der Waals surface area contributed by atoms with Crippen LogP contribution >= 0.6 is 0 Å². The summed E-state index contributed by atoms with van der Waals surface area (Å²) in [6, 6.07) is 19.8. The quantitative estimate of drug-likeness (QED) is 0.296. The normalized spacial score (nSPS) is 11.4. The number of ether oxygens (including phenoxy) is 1. The number of halogens is 1. The van der Waals surface area contributed by atoms with Gasteiger partial charge in [0.1, 0.15) is 11.6 Å². The van der Waals surface area contributed by atoms with E-state index in [2.05, 4.69) is 20.1 Å². The van der Waals surface area contributed by atoms with Crippen molar-refractivity contribution in [2.45, 2.75) is 26.4 Å². The van der Waals surface area contributed by atoms with Crippen molar-refractivity contribution < 1.29 is 9.13 Å². The highest BCUT2D eigenvalue weighted by Crippen LogP contribution is 2.26. The minimum atomic E-state index is -0.319. The molecule has 3 heterocycles. The fourth-order valence-corrected chi connectivity index (χ4v) is 4.61. The van der Waals surface area contributed by atoms with Crippen LogP contribution in [0.5, 0.6) is 5.75 Å². The van der Waals surface area contributed by atoms with Gasteiger partial charge in [0, 0.05) is 36.1 Å². The molecule has 0 atom stereocenters. The van der Waals surface area contributed by atoms with Gasteiger partial charge in [-0.25, -0.2) is 8.79 Å². The van der Waals surface area contributed by atoms with Crippen LogP contribution in [0.1, 0.15) is 22.8 Å². The first-order valence-electron chi connectivity index (χ1n) is 12.4. The van der Waals surface area contributed by atoms with E-state index in [1.807, 2.05) is 61.0 Å². The maximum Gasteiger partial charge on any atom is 0.268 e. The second kappa shape index (κ2) is 10.9. The van der Waals surface area contributed by atoms with Gasteiger partial charge in [-0.3, -0.25) is 14.7 Å². The lowest BCUT2D eigenvalue weighted by Gasteiger charge is -2.18. The van der Waals surface area contributed by atoms with Crippen molar-refractivity contribution in [3.05, 3.63) is 112 Å². The van der Waals surface area contributed by atoms with E-state index in [0.717, 1.165) is 18.7 Å². The molecule has 0 unspecified atom stereocenters. The fourth-order valence-electron chi connectivity index (χ4n) is 4.61. The number of nitrogens with zero attached hydrogens (tertiary/aromatic N) is 6. The van der Waals surface area contributed by atoms with Crippen molar-refractivity contribution >= 4 is 5.78 Å². The number of likely N-dealkylation sites (N-methyl/N-ethyl adjacent to an activating group) is 1. The Bertz CT molecular complexity index is 1630. The second-order valence-electron chi connectivity index (χ2n) is 9.24. The zero-order valence-corrected chi connectivity index (χ0v) is 21.6. The van der Waals surface area contributed by atoms with Gasteiger partial charge in [0.05, 0.1) is 25.8 Å². The van der Waals surface area contributed by atoms with Crippen LogP contribution < -0.4 is 10.3 Å². The van der Waals surface area contributed by atoms with Gasteiger partial charge >= 0.3 is 0 Å². The first-order valence-corrected chi connectivity index (χ1v) is 12.4. The summed E-state index contributed by atoms with van der Waals surface area (Å²) in [7, 11) is 3.56. The Balaban J connectivity index is 1.60. The Morgan fingerprint density at radius 1 is 1.03 bits per heavy atom. The topological polar surface area (TPSA) is 77.6 Å². The standard InChI is InChI=1S/C29H29FN6O2/c1-20-27(21-10-8-12-24(17-21)38-3)28(37)36-26(19-34(2)16-14-23-11-6-7-15-31-23)32-33-29(36)35(20)18-22-9-4-5-13-25(22)30/h4-13,15,17H,14,16,18-19H2,1-3H3. The third-order valence-electron chi connectivity index (χ3n) is 6.67. The van der Waals surface area contributed by atoms with Crippen LogP contribution in [0.25, 0.3) is 16.9 Å². The Morgan fingerprint density at radius 3 is 2.61 bits per heavy atom. The van der Waals surface area contributed by atoms with Crippen molar-refractivity contribution in [3.63, 3.8) is 0 Å². The van der Waals surface area contributed by atoms with Crippen molar-refractivity contribution in [1.82, 2.24) is 29.0 Å². The van der Waals surface area contributed by atoms with Crippen molar-refractivity contribution in [2.75, 3.05) is 20.7 Å². The highest BCUT2D eigenvalue weighted by molar-refractivity contribution is 5.68. The molecular formula is C29H29FN6O2. The lowest BCUT2D eigenvalue weighted by atomic mass is 10.0. The Morgan fingerprint density at radius 2 is 1.84 bits per heavy atom. The molecule has 194 valence electrons. The van der Waals surface area contributed by atoms with E-state index < -0.39 is 0 Å². The van der Waals surface area contributed by atoms with Crippen LogP contribution in [0.2, 0.25) is 0 Å². The predicted octanol–water partition coefficient (Wildman–Crippen LogP) is 4.13. The number of hydrogen-bond donors (Lipinski definition) is 0. The molecule has 9 heteroatoms. The first kappa shape index (κ1) is 25.3. The maximum atomic E-state index is 14.7. The van der Waals surface area contributed by atoms with E-state index in [-0.39, 0.29) is 17.9 Å². The molecule has 3 aromatic heterocycles. The molecule has 0 radical (unpaired) electrons. The predicted molar refractivity (Wildman–Crippen MR) is 144 cm³/mol. The molecule has 0 saturated carbocycles. The molecule has 5 aromatic rings. The van der Waals surface area contributed by atoms with E-state index in [9.17, 15) is 9.18 Å². The highest BCUT2D eigenvalue weighted by atomic mass is 19.1. The van der Waals surface area contributed by atoms with Gasteiger partial charge in [0.2, 0.25) is 5.78 Å². The van der Waals surface area contributed by atoms with Gasteiger partial charge < -0.3 is 9.30 Å². The van der Waals surface area contributed by atoms with Crippen LogP contribution in [-0.2, 0) is 19.5 Å². The number of benzene rings is 2. The summed E-state index contributed by atoms with van der Waals surface area (Å²) in [4.78, 5) is 20.5. The summed E-state index contributed by atoms with van der Waals surface area (Å²) in [5.41, 5.74) is 3.13. The Kier molecular flexibility index (Phi) is 7.28. The molecule has 0 spiro atoms. The molecule has 0 aliphatic rings. The molecule has 0 aliphatic carbocycles. The molecule has 0 fully saturated rings. The van der Waals surface area contributed by atoms with E-state index >= 15 is 0 Å². The van der Waals surface area contributed by atoms with Crippen LogP contribution in [-0.4, -0.2) is 49.8 Å². The number of aromatic nitrogens is 5. The van der Waals surface area contributed by atoms with Crippen LogP contribution in [0.15, 0.2) is 77.7 Å². The van der Waals surface area contributed by atoms with Crippen LogP contribution in [0.3, 0.4) is 0 Å². The number of rotatable bonds is 9. The molecule has 5 rings (SSSR count). The van der Waals surface area contributed by atoms with Gasteiger partial charge in [-0.05, 0) is 49.9 Å². The lowest BCUT2D eigenvalue weighted by molar-refractivity contribution is 0.320. The minimum Gasteiger partial charge on any atom is -0.497 e. The average Bonchev–Trinajstić information content (AvgIpc) is 3.35. The van der Waals surface area contributed by atoms with Crippen molar-refractivity contribution in [2.24, 2.45) is 0 Å². The Hall–Kier alpha value is -4.37. The zero-order valence-electron chi connectivity index (χ0n) is 21.6. The van der Waals surface area contributed by atoms with Crippen molar-refractivity contribution in [3.8, 4) is 16.9 Å². The SMILES string of the molecule is COc1cccc(-c2c(C)n(Cc3ccccc3F)c3nnc(CN(C)CCc4ccccn4)n3c2=O)c1. The fraction of sp³-hybridized carbons (Fsp3) is 0.241. The van der Waals surface area contributed by atoms with E-state index in [1.54, 1.807) is 35.9 Å². The van der Waals surface area contributed by atoms with Crippen molar-refractivity contribution in [1.29, 1.82) is 0 Å². The molecule has 0 saturated heterocycles. The average molecular weight is 513 g/mol. The number of methoxy groups -OCH3 is 1. The Labute approximate surface area is 220 Å². The molecular weight excluding hydrogens is 483 g/mol. The summed E-state index contributed by atoms with van der Waals surface area (Å²) in [5.74, 6) is 1.21. The molecule has 8 nitrogen and oxygen atoms in total. The van der Waals surface area contributed by atoms with Gasteiger partial charge in [0.25, 0.3) is 5.56 Å². The van der Waals surface area contributed by atoms with Crippen LogP contribution in [0.4, 0.5) is 4.39 Å². The summed E-state index contributed by atoms with van der Waals surface area (Å²) in [6.07, 6.45) is 2.54. The summed E-state index contributed by atoms with van der Waals surface area (Å²) < 4.78 is 23.5. The van der Waals surface area contributed by atoms with Gasteiger partial charge in [-0.1, -0.05) is 36.4 Å². The molecule has 0 bridgehead atoms. The second-order valence-corrected chi connectivity index (χ2v) is 9.24. The summed E-state index contributed by atoms with van der Waals surface area (Å²) >= 11 is 0. The monoisotopic (exact) mass is 512 g/mol. The third kappa shape index (κ3) is 5.05. The number of hydrogen-bond acceptors (Lipinski definition) is 6. The molecule has 0 aliphatic heterocycles. The van der Waals surface area contributed by atoms with E-state index in [4.69, 9.17) is 4.74 Å². The van der Waals surface area contributed by atoms with Gasteiger partial charge in [-0.2, -0.15) is 0 Å². The van der Waals surface area contributed by atoms with Gasteiger partial charge in [0.15, 0.2) is 5.82 Å². The number of pyridine rings is 1. The summed E-state index contributed by atoms with van der Waals surface area (Å²) in [5, 5.41) is 8.80. The third-order valence-corrected chi connectivity index (χ3v) is 6.67. The largest absolute Gasteiger partial charge is 0.497 e. The zero-order chi connectivity index (χ0) is 26.6. The molecule has 0 N–H and O–H groups in total.